The fourth-order valence-corrected chi connectivity index (χ4v) is 1.74. The molecule has 102 valence electrons. The molecule has 0 heterocycles. The summed E-state index contributed by atoms with van der Waals surface area (Å²) in [6.45, 7) is 0. The number of hydrogen-bond acceptors (Lipinski definition) is 4. The maximum atomic E-state index is 12.2. The third kappa shape index (κ3) is 2.76. The van der Waals surface area contributed by atoms with E-state index in [0.29, 0.717) is 11.4 Å². The van der Waals surface area contributed by atoms with Gasteiger partial charge in [-0.25, -0.2) is 5.48 Å². The third-order valence-electron chi connectivity index (χ3n) is 2.73. The highest BCUT2D eigenvalue weighted by Crippen LogP contribution is 2.19. The van der Waals surface area contributed by atoms with Crippen LogP contribution in [0.25, 0.3) is 0 Å². The first kappa shape index (κ1) is 13.6. The molecule has 2 aromatic carbocycles. The van der Waals surface area contributed by atoms with Gasteiger partial charge in [0.15, 0.2) is 0 Å². The lowest BCUT2D eigenvalue weighted by molar-refractivity contribution is 0.0703. The SMILES string of the molecule is Nc1ccccc1NC(=O)c1ccccc1C(=O)NO. The summed E-state index contributed by atoms with van der Waals surface area (Å²) in [6, 6.07) is 12.9. The van der Waals surface area contributed by atoms with Crippen molar-refractivity contribution in [1.82, 2.24) is 5.48 Å². The van der Waals surface area contributed by atoms with Crippen LogP contribution in [-0.2, 0) is 0 Å². The first-order valence-corrected chi connectivity index (χ1v) is 5.83. The lowest BCUT2D eigenvalue weighted by Crippen LogP contribution is -2.23. The van der Waals surface area contributed by atoms with Crippen LogP contribution >= 0.6 is 0 Å². The molecule has 0 bridgehead atoms. The number of carbonyl (C=O) groups is 2. The van der Waals surface area contributed by atoms with Gasteiger partial charge in [0.2, 0.25) is 0 Å². The van der Waals surface area contributed by atoms with Crippen molar-refractivity contribution in [1.29, 1.82) is 0 Å². The van der Waals surface area contributed by atoms with Gasteiger partial charge < -0.3 is 11.1 Å². The van der Waals surface area contributed by atoms with Crippen LogP contribution in [0.3, 0.4) is 0 Å². The Morgan fingerprint density at radius 3 is 2.05 bits per heavy atom. The highest BCUT2D eigenvalue weighted by molar-refractivity contribution is 6.12. The van der Waals surface area contributed by atoms with Crippen molar-refractivity contribution >= 4 is 23.2 Å². The third-order valence-corrected chi connectivity index (χ3v) is 2.73. The van der Waals surface area contributed by atoms with E-state index in [2.05, 4.69) is 5.32 Å². The summed E-state index contributed by atoms with van der Waals surface area (Å²) in [5.74, 6) is -1.24. The summed E-state index contributed by atoms with van der Waals surface area (Å²) in [6.07, 6.45) is 0. The molecule has 5 N–H and O–H groups in total. The predicted molar refractivity (Wildman–Crippen MR) is 74.5 cm³/mol. The van der Waals surface area contributed by atoms with Crippen LogP contribution in [0.5, 0.6) is 0 Å². The van der Waals surface area contributed by atoms with Gasteiger partial charge in [0.1, 0.15) is 0 Å². The largest absolute Gasteiger partial charge is 0.397 e. The van der Waals surface area contributed by atoms with Gasteiger partial charge in [0.05, 0.1) is 22.5 Å². The smallest absolute Gasteiger partial charge is 0.275 e. The molecular weight excluding hydrogens is 258 g/mol. The number of carbonyl (C=O) groups excluding carboxylic acids is 2. The zero-order valence-corrected chi connectivity index (χ0v) is 10.5. The first-order valence-electron chi connectivity index (χ1n) is 5.83. The van der Waals surface area contributed by atoms with Crippen molar-refractivity contribution < 1.29 is 14.8 Å². The second-order valence-corrected chi connectivity index (χ2v) is 4.03. The van der Waals surface area contributed by atoms with Crippen LogP contribution in [0.4, 0.5) is 11.4 Å². The van der Waals surface area contributed by atoms with E-state index in [4.69, 9.17) is 10.9 Å². The summed E-state index contributed by atoms with van der Waals surface area (Å²) in [5, 5.41) is 11.3. The van der Waals surface area contributed by atoms with Gasteiger partial charge in [-0.3, -0.25) is 14.8 Å². The second-order valence-electron chi connectivity index (χ2n) is 4.03. The van der Waals surface area contributed by atoms with Gasteiger partial charge in [-0.2, -0.15) is 0 Å². The van der Waals surface area contributed by atoms with E-state index in [0.717, 1.165) is 0 Å². The van der Waals surface area contributed by atoms with Crippen molar-refractivity contribution in [2.75, 3.05) is 11.1 Å². The Hall–Kier alpha value is -2.86. The minimum Gasteiger partial charge on any atom is -0.397 e. The number of nitrogens with one attached hydrogen (secondary N) is 2. The lowest BCUT2D eigenvalue weighted by Gasteiger charge is -2.10. The van der Waals surface area contributed by atoms with Gasteiger partial charge >= 0.3 is 0 Å². The Bertz CT molecular complexity index is 656. The summed E-state index contributed by atoms with van der Waals surface area (Å²) >= 11 is 0. The fraction of sp³-hybridized carbons (Fsp3) is 0. The van der Waals surface area contributed by atoms with E-state index in [1.807, 2.05) is 0 Å². The Kier molecular flexibility index (Phi) is 3.97. The number of hydrogen-bond donors (Lipinski definition) is 4. The number of nitrogens with two attached hydrogens (primary N) is 1. The van der Waals surface area contributed by atoms with Crippen molar-refractivity contribution in [3.63, 3.8) is 0 Å². The van der Waals surface area contributed by atoms with E-state index in [1.165, 1.54) is 17.6 Å². The summed E-state index contributed by atoms with van der Waals surface area (Å²) in [7, 11) is 0. The average Bonchev–Trinajstić information content (AvgIpc) is 2.48. The van der Waals surface area contributed by atoms with Crippen molar-refractivity contribution in [2.45, 2.75) is 0 Å². The van der Waals surface area contributed by atoms with Crippen LogP contribution in [0.2, 0.25) is 0 Å². The zero-order valence-electron chi connectivity index (χ0n) is 10.5. The van der Waals surface area contributed by atoms with Crippen LogP contribution in [-0.4, -0.2) is 17.0 Å². The zero-order chi connectivity index (χ0) is 14.5. The second kappa shape index (κ2) is 5.85. The maximum absolute atomic E-state index is 12.2. The molecule has 0 saturated carbocycles. The quantitative estimate of drug-likeness (QED) is 0.387. The molecule has 0 unspecified atom stereocenters. The Labute approximate surface area is 115 Å². The number of para-hydroxylation sites is 2. The fourth-order valence-electron chi connectivity index (χ4n) is 1.74. The minimum atomic E-state index is -0.753. The Balaban J connectivity index is 2.31. The predicted octanol–water partition coefficient (Wildman–Crippen LogP) is 1.64. The number of nitrogen functional groups attached to an aromatic ring is 1. The van der Waals surface area contributed by atoms with Crippen molar-refractivity contribution in [3.8, 4) is 0 Å². The standard InChI is InChI=1S/C14H13N3O3/c15-11-7-3-4-8-12(11)16-13(18)9-5-1-2-6-10(9)14(19)17-20/h1-8,20H,15H2,(H,16,18)(H,17,19). The van der Waals surface area contributed by atoms with E-state index in [-0.39, 0.29) is 11.1 Å². The molecule has 6 nitrogen and oxygen atoms in total. The normalized spacial score (nSPS) is 9.85. The molecule has 6 heteroatoms. The summed E-state index contributed by atoms with van der Waals surface area (Å²) < 4.78 is 0. The van der Waals surface area contributed by atoms with E-state index >= 15 is 0 Å². The van der Waals surface area contributed by atoms with Crippen LogP contribution in [0.15, 0.2) is 48.5 Å². The number of amides is 2. The molecule has 2 rings (SSSR count). The number of benzene rings is 2. The molecule has 0 radical (unpaired) electrons. The topological polar surface area (TPSA) is 104 Å². The van der Waals surface area contributed by atoms with Gasteiger partial charge in [0.25, 0.3) is 11.8 Å². The molecule has 0 saturated heterocycles. The molecule has 0 aromatic heterocycles. The molecule has 0 fully saturated rings. The molecule has 0 aliphatic heterocycles. The van der Waals surface area contributed by atoms with Crippen LogP contribution in [0.1, 0.15) is 20.7 Å². The van der Waals surface area contributed by atoms with Crippen LogP contribution < -0.4 is 16.5 Å². The molecule has 0 atom stereocenters. The number of rotatable bonds is 3. The molecule has 20 heavy (non-hydrogen) atoms. The molecule has 0 spiro atoms. The van der Waals surface area contributed by atoms with E-state index in [1.54, 1.807) is 36.4 Å². The molecular formula is C14H13N3O3. The molecule has 2 aromatic rings. The Morgan fingerprint density at radius 1 is 0.900 bits per heavy atom. The average molecular weight is 271 g/mol. The maximum Gasteiger partial charge on any atom is 0.275 e. The highest BCUT2D eigenvalue weighted by Gasteiger charge is 2.16. The van der Waals surface area contributed by atoms with E-state index < -0.39 is 11.8 Å². The highest BCUT2D eigenvalue weighted by atomic mass is 16.5. The molecule has 2 amide bonds. The monoisotopic (exact) mass is 271 g/mol. The molecule has 0 aliphatic rings. The number of hydroxylamine groups is 1. The number of anilines is 2. The summed E-state index contributed by atoms with van der Waals surface area (Å²) in [4.78, 5) is 23.7. The van der Waals surface area contributed by atoms with Gasteiger partial charge in [0, 0.05) is 0 Å². The minimum absolute atomic E-state index is 0.0713. The summed E-state index contributed by atoms with van der Waals surface area (Å²) in [5.41, 5.74) is 8.33. The van der Waals surface area contributed by atoms with Crippen molar-refractivity contribution in [2.24, 2.45) is 0 Å². The Morgan fingerprint density at radius 2 is 1.45 bits per heavy atom. The van der Waals surface area contributed by atoms with Gasteiger partial charge in [-0.1, -0.05) is 24.3 Å². The van der Waals surface area contributed by atoms with Crippen LogP contribution in [0, 0.1) is 0 Å². The lowest BCUT2D eigenvalue weighted by atomic mass is 10.1. The van der Waals surface area contributed by atoms with Gasteiger partial charge in [-0.05, 0) is 24.3 Å². The molecule has 0 aliphatic carbocycles. The first-order chi connectivity index (χ1) is 9.63. The van der Waals surface area contributed by atoms with Gasteiger partial charge in [-0.15, -0.1) is 0 Å². The van der Waals surface area contributed by atoms with E-state index in [9.17, 15) is 9.59 Å². The van der Waals surface area contributed by atoms with Crippen molar-refractivity contribution in [3.05, 3.63) is 59.7 Å².